The van der Waals surface area contributed by atoms with Crippen molar-refractivity contribution in [3.8, 4) is 5.75 Å². The second-order valence-corrected chi connectivity index (χ2v) is 9.11. The Hall–Kier alpha value is -3.61. The molecule has 1 aromatic heterocycles. The number of nitrogens with zero attached hydrogens (tertiary/aromatic N) is 2. The number of para-hydroxylation sites is 2. The number of nitrogens with one attached hydrogen (secondary N) is 1. The van der Waals surface area contributed by atoms with Crippen LogP contribution in [0.25, 0.3) is 10.9 Å². The highest BCUT2D eigenvalue weighted by molar-refractivity contribution is 6.00. The molecule has 0 bridgehead atoms. The fourth-order valence-electron chi connectivity index (χ4n) is 4.14. The van der Waals surface area contributed by atoms with E-state index in [1.54, 1.807) is 39.0 Å². The maximum Gasteiger partial charge on any atom is 0.408 e. The molecule has 2 heterocycles. The molecule has 1 unspecified atom stereocenters. The van der Waals surface area contributed by atoms with Gasteiger partial charge in [0, 0.05) is 16.6 Å². The predicted molar refractivity (Wildman–Crippen MR) is 127 cm³/mol. The molecule has 3 aromatic rings. The van der Waals surface area contributed by atoms with Crippen LogP contribution < -0.4 is 15.0 Å². The van der Waals surface area contributed by atoms with Gasteiger partial charge in [-0.3, -0.25) is 9.78 Å². The van der Waals surface area contributed by atoms with E-state index in [-0.39, 0.29) is 12.5 Å². The third-order valence-electron chi connectivity index (χ3n) is 5.62. The molecule has 2 aromatic carbocycles. The predicted octanol–water partition coefficient (Wildman–Crippen LogP) is 4.62. The lowest BCUT2D eigenvalue weighted by molar-refractivity contribution is -0.120. The largest absolute Gasteiger partial charge is 0.495 e. The van der Waals surface area contributed by atoms with Crippen LogP contribution >= 0.6 is 0 Å². The number of carbonyl (C=O) groups excluding carboxylic acids is 2. The van der Waals surface area contributed by atoms with E-state index in [0.29, 0.717) is 18.6 Å². The van der Waals surface area contributed by atoms with Crippen molar-refractivity contribution in [2.24, 2.45) is 0 Å². The van der Waals surface area contributed by atoms with Gasteiger partial charge in [0.2, 0.25) is 5.91 Å². The number of aryl methyl sites for hydroxylation is 1. The van der Waals surface area contributed by atoms with Crippen LogP contribution in [0.3, 0.4) is 0 Å². The summed E-state index contributed by atoms with van der Waals surface area (Å²) in [5, 5.41) is 3.71. The molecule has 4 rings (SSSR count). The molecule has 1 aliphatic rings. The minimum atomic E-state index is -0.702. The lowest BCUT2D eigenvalue weighted by Crippen LogP contribution is -2.49. The number of hydrogen-bond acceptors (Lipinski definition) is 5. The number of amides is 2. The Labute approximate surface area is 193 Å². The van der Waals surface area contributed by atoms with Gasteiger partial charge in [-0.05, 0) is 51.3 Å². The number of ether oxygens (including phenoxy) is 2. The molecule has 7 nitrogen and oxygen atoms in total. The quantitative estimate of drug-likeness (QED) is 0.631. The summed E-state index contributed by atoms with van der Waals surface area (Å²) in [7, 11) is 1.60. The molecule has 172 valence electrons. The molecule has 1 atom stereocenters. The number of hydrogen-bond donors (Lipinski definition) is 1. The topological polar surface area (TPSA) is 80.8 Å². The van der Waals surface area contributed by atoms with E-state index >= 15 is 0 Å². The molecule has 2 amide bonds. The fraction of sp³-hybridized carbons (Fsp3) is 0.346. The van der Waals surface area contributed by atoms with Gasteiger partial charge in [0.25, 0.3) is 0 Å². The van der Waals surface area contributed by atoms with Gasteiger partial charge in [-0.15, -0.1) is 0 Å². The number of methoxy groups -OCH3 is 1. The van der Waals surface area contributed by atoms with Crippen LogP contribution in [0.1, 0.15) is 38.3 Å². The first-order valence-electron chi connectivity index (χ1n) is 11.1. The number of rotatable bonds is 4. The van der Waals surface area contributed by atoms with E-state index in [2.05, 4.69) is 10.3 Å². The average Bonchev–Trinajstić information content (AvgIpc) is 2.90. The van der Waals surface area contributed by atoms with E-state index in [1.807, 2.05) is 48.5 Å². The van der Waals surface area contributed by atoms with Crippen LogP contribution in [0.5, 0.6) is 5.75 Å². The smallest absolute Gasteiger partial charge is 0.408 e. The zero-order valence-electron chi connectivity index (χ0n) is 19.4. The third-order valence-corrected chi connectivity index (χ3v) is 5.62. The van der Waals surface area contributed by atoms with E-state index in [4.69, 9.17) is 9.47 Å². The lowest BCUT2D eigenvalue weighted by Gasteiger charge is -2.28. The average molecular weight is 448 g/mol. The van der Waals surface area contributed by atoms with Gasteiger partial charge < -0.3 is 19.7 Å². The van der Waals surface area contributed by atoms with Crippen LogP contribution in [0.4, 0.5) is 10.5 Å². The van der Waals surface area contributed by atoms with Gasteiger partial charge in [-0.1, -0.05) is 36.4 Å². The van der Waals surface area contributed by atoms with Crippen LogP contribution in [0, 0.1) is 0 Å². The molecule has 0 saturated heterocycles. The summed E-state index contributed by atoms with van der Waals surface area (Å²) in [6, 6.07) is 14.9. The Morgan fingerprint density at radius 3 is 2.64 bits per heavy atom. The van der Waals surface area contributed by atoms with Gasteiger partial charge in [0.15, 0.2) is 0 Å². The SMILES string of the molecule is COc1cnc2ccccc2c1CN1C(=O)C(NC(=O)OC(C)(C)C)CCc2ccccc21. The van der Waals surface area contributed by atoms with E-state index in [0.717, 1.165) is 27.7 Å². The van der Waals surface area contributed by atoms with Crippen LogP contribution in [-0.2, 0) is 22.5 Å². The van der Waals surface area contributed by atoms with Gasteiger partial charge >= 0.3 is 6.09 Å². The summed E-state index contributed by atoms with van der Waals surface area (Å²) in [5.41, 5.74) is 2.93. The van der Waals surface area contributed by atoms with E-state index < -0.39 is 17.7 Å². The van der Waals surface area contributed by atoms with Crippen molar-refractivity contribution >= 4 is 28.6 Å². The van der Waals surface area contributed by atoms with Crippen molar-refractivity contribution in [3.05, 3.63) is 65.9 Å². The summed E-state index contributed by atoms with van der Waals surface area (Å²) < 4.78 is 11.0. The van der Waals surface area contributed by atoms with Crippen LogP contribution in [0.2, 0.25) is 0 Å². The Balaban J connectivity index is 1.73. The highest BCUT2D eigenvalue weighted by Crippen LogP contribution is 2.33. The Morgan fingerprint density at radius 1 is 1.15 bits per heavy atom. The molecular weight excluding hydrogens is 418 g/mol. The first-order valence-corrected chi connectivity index (χ1v) is 11.1. The molecule has 1 aliphatic heterocycles. The third kappa shape index (κ3) is 4.92. The number of anilines is 1. The Morgan fingerprint density at radius 2 is 1.88 bits per heavy atom. The maximum absolute atomic E-state index is 13.7. The molecule has 1 N–H and O–H groups in total. The van der Waals surface area contributed by atoms with Crippen molar-refractivity contribution in [2.45, 2.75) is 51.8 Å². The van der Waals surface area contributed by atoms with Crippen LogP contribution in [0.15, 0.2) is 54.7 Å². The van der Waals surface area contributed by atoms with Crippen molar-refractivity contribution in [1.29, 1.82) is 0 Å². The van der Waals surface area contributed by atoms with Gasteiger partial charge in [-0.2, -0.15) is 0 Å². The van der Waals surface area contributed by atoms with Gasteiger partial charge in [0.1, 0.15) is 17.4 Å². The second-order valence-electron chi connectivity index (χ2n) is 9.11. The summed E-state index contributed by atoms with van der Waals surface area (Å²) in [6.07, 6.45) is 2.23. The number of fused-ring (bicyclic) bond motifs is 2. The van der Waals surface area contributed by atoms with Crippen molar-refractivity contribution < 1.29 is 19.1 Å². The number of aromatic nitrogens is 1. The van der Waals surface area contributed by atoms with Gasteiger partial charge in [0.05, 0.1) is 25.4 Å². The van der Waals surface area contributed by atoms with Crippen molar-refractivity contribution in [3.63, 3.8) is 0 Å². The van der Waals surface area contributed by atoms with Gasteiger partial charge in [-0.25, -0.2) is 4.79 Å². The molecular formula is C26H29N3O4. The molecule has 0 saturated carbocycles. The Kier molecular flexibility index (Phi) is 6.22. The highest BCUT2D eigenvalue weighted by atomic mass is 16.6. The van der Waals surface area contributed by atoms with Crippen molar-refractivity contribution in [2.75, 3.05) is 12.0 Å². The van der Waals surface area contributed by atoms with Crippen LogP contribution in [-0.4, -0.2) is 35.7 Å². The minimum Gasteiger partial charge on any atom is -0.495 e. The molecule has 0 spiro atoms. The highest BCUT2D eigenvalue weighted by Gasteiger charge is 2.33. The molecule has 7 heteroatoms. The second kappa shape index (κ2) is 9.10. The number of benzene rings is 2. The van der Waals surface area contributed by atoms with E-state index in [9.17, 15) is 9.59 Å². The number of pyridine rings is 1. The molecule has 0 aliphatic carbocycles. The summed E-state index contributed by atoms with van der Waals surface area (Å²) in [5.74, 6) is 0.425. The number of alkyl carbamates (subject to hydrolysis) is 1. The standard InChI is InChI=1S/C26H29N3O4/c1-26(2,3)33-25(31)28-21-14-13-17-9-5-8-12-22(17)29(24(21)30)16-19-18-10-6-7-11-20(18)27-15-23(19)32-4/h5-12,15,21H,13-14,16H2,1-4H3,(H,28,31). The molecule has 0 fully saturated rings. The zero-order valence-corrected chi connectivity index (χ0v) is 19.4. The monoisotopic (exact) mass is 447 g/mol. The molecule has 33 heavy (non-hydrogen) atoms. The minimum absolute atomic E-state index is 0.186. The van der Waals surface area contributed by atoms with Crippen molar-refractivity contribution in [1.82, 2.24) is 10.3 Å². The maximum atomic E-state index is 13.7. The number of carbonyl (C=O) groups is 2. The summed E-state index contributed by atoms with van der Waals surface area (Å²) in [6.45, 7) is 5.67. The first-order chi connectivity index (χ1) is 15.8. The lowest BCUT2D eigenvalue weighted by atomic mass is 10.1. The fourth-order valence-corrected chi connectivity index (χ4v) is 4.14. The Bertz CT molecular complexity index is 1190. The molecule has 0 radical (unpaired) electrons. The summed E-state index contributed by atoms with van der Waals surface area (Å²) >= 11 is 0. The zero-order chi connectivity index (χ0) is 23.6. The summed E-state index contributed by atoms with van der Waals surface area (Å²) in [4.78, 5) is 32.4. The first kappa shape index (κ1) is 22.6. The normalized spacial score (nSPS) is 16.2. The van der Waals surface area contributed by atoms with E-state index in [1.165, 1.54) is 0 Å².